The summed E-state index contributed by atoms with van der Waals surface area (Å²) in [5.41, 5.74) is 0. The largest absolute Gasteiger partial charge is 0.588 e. The molecule has 0 saturated carbocycles. The van der Waals surface area contributed by atoms with Gasteiger partial charge in [-0.2, -0.15) is 0 Å². The van der Waals surface area contributed by atoms with E-state index in [0.29, 0.717) is 0 Å². The highest BCUT2D eigenvalue weighted by molar-refractivity contribution is 4.18. The van der Waals surface area contributed by atoms with Gasteiger partial charge >= 0.3 is 0 Å². The topological polar surface area (TPSA) is 123 Å². The quantitative estimate of drug-likeness (QED) is 0.385. The first-order valence-electron chi connectivity index (χ1n) is 1.76. The molecule has 52 valence electrons. The zero-order valence-electron chi connectivity index (χ0n) is 4.13. The third-order valence-electron chi connectivity index (χ3n) is 0.357. The van der Waals surface area contributed by atoms with Gasteiger partial charge in [0.05, 0.1) is 0 Å². The lowest BCUT2D eigenvalue weighted by Crippen LogP contribution is -1.91. The minimum Gasteiger partial charge on any atom is -0.588 e. The summed E-state index contributed by atoms with van der Waals surface area (Å²) in [7, 11) is 0. The van der Waals surface area contributed by atoms with E-state index in [1.165, 1.54) is 0 Å². The van der Waals surface area contributed by atoms with E-state index in [1.54, 1.807) is 0 Å². The second-order valence-corrected chi connectivity index (χ2v) is 0.900. The Balaban J connectivity index is 3.53. The van der Waals surface area contributed by atoms with Gasteiger partial charge in [0.2, 0.25) is 0 Å². The zero-order chi connectivity index (χ0) is 7.28. The molecule has 8 heteroatoms. The van der Waals surface area contributed by atoms with E-state index in [4.69, 9.17) is 0 Å². The molecule has 0 spiro atoms. The lowest BCUT2D eigenvalue weighted by atomic mass is 11.2. The van der Waals surface area contributed by atoms with Crippen LogP contribution in [0, 0.1) is 20.8 Å². The molecule has 0 amide bonds. The van der Waals surface area contributed by atoms with Gasteiger partial charge in [-0.1, -0.05) is 10.0 Å². The molecule has 0 N–H and O–H groups in total. The maximum Gasteiger partial charge on any atom is 0.258 e. The van der Waals surface area contributed by atoms with Crippen molar-refractivity contribution in [2.45, 2.75) is 0 Å². The van der Waals surface area contributed by atoms with Crippen LogP contribution in [0.4, 0.5) is 0 Å². The summed E-state index contributed by atoms with van der Waals surface area (Å²) in [6, 6.07) is 0. The van der Waals surface area contributed by atoms with E-state index in [1.807, 2.05) is 0 Å². The van der Waals surface area contributed by atoms with Crippen LogP contribution in [0.1, 0.15) is 0 Å². The van der Waals surface area contributed by atoms with E-state index >= 15 is 0 Å². The number of rotatable bonds is 2. The van der Waals surface area contributed by atoms with Crippen LogP contribution < -0.4 is 0 Å². The number of hydrogen-bond donors (Lipinski definition) is 0. The monoisotopic (exact) mass is 134 g/mol. The second kappa shape index (κ2) is 3.41. The van der Waals surface area contributed by atoms with Crippen LogP contribution in [0.15, 0.2) is 10.2 Å². The molecule has 0 aliphatic rings. The van der Waals surface area contributed by atoms with Gasteiger partial charge in [0.1, 0.15) is 0 Å². The summed E-state index contributed by atoms with van der Waals surface area (Å²) in [5.74, 6) is 0. The molecule has 0 aliphatic carbocycles. The van der Waals surface area contributed by atoms with Crippen LogP contribution in [0.2, 0.25) is 0 Å². The molecule has 0 unspecified atom stereocenters. The van der Waals surface area contributed by atoms with Gasteiger partial charge in [-0.05, 0) is 0 Å². The van der Waals surface area contributed by atoms with Crippen molar-refractivity contribution < 1.29 is 10.0 Å². The molecular formula is CH2N4O4-2. The third kappa shape index (κ3) is 6.40. The van der Waals surface area contributed by atoms with Gasteiger partial charge in [-0.15, -0.1) is 0 Å². The zero-order valence-corrected chi connectivity index (χ0v) is 4.13. The maximum absolute atomic E-state index is 9.34. The first-order valence-corrected chi connectivity index (χ1v) is 1.76. The van der Waals surface area contributed by atoms with E-state index < -0.39 is 16.7 Å². The van der Waals surface area contributed by atoms with E-state index in [9.17, 15) is 20.8 Å². The van der Waals surface area contributed by atoms with Crippen molar-refractivity contribution in [2.75, 3.05) is 6.67 Å². The molecule has 0 aromatic rings. The molecule has 8 nitrogen and oxygen atoms in total. The van der Waals surface area contributed by atoms with Crippen LogP contribution in [0.25, 0.3) is 0 Å². The van der Waals surface area contributed by atoms with Gasteiger partial charge < -0.3 is 20.8 Å². The SMILES string of the molecule is [O-][N+]([O-])=NCN=[N+]([O-])[O-]. The molecule has 0 radical (unpaired) electrons. The fourth-order valence-corrected chi connectivity index (χ4v) is 0.132. The molecule has 0 aromatic carbocycles. The highest BCUT2D eigenvalue weighted by Crippen LogP contribution is 1.75. The van der Waals surface area contributed by atoms with Crippen molar-refractivity contribution in [1.29, 1.82) is 0 Å². The lowest BCUT2D eigenvalue weighted by molar-refractivity contribution is -0.478. The molecule has 9 heavy (non-hydrogen) atoms. The summed E-state index contributed by atoms with van der Waals surface area (Å²) < 4.78 is 0. The van der Waals surface area contributed by atoms with Crippen molar-refractivity contribution in [1.82, 2.24) is 0 Å². The van der Waals surface area contributed by atoms with Crippen molar-refractivity contribution in [3.05, 3.63) is 20.8 Å². The second-order valence-electron chi connectivity index (χ2n) is 0.900. The molecule has 0 fully saturated rings. The Bertz CT molecular complexity index is 116. The lowest BCUT2D eigenvalue weighted by Gasteiger charge is -1.97. The Kier molecular flexibility index (Phi) is 2.80. The Morgan fingerprint density at radius 1 is 0.889 bits per heavy atom. The molecule has 0 bridgehead atoms. The van der Waals surface area contributed by atoms with Gasteiger partial charge in [-0.3, -0.25) is 0 Å². The average molecular weight is 134 g/mol. The highest BCUT2D eigenvalue weighted by atomic mass is 16.8. The van der Waals surface area contributed by atoms with E-state index in [0.717, 1.165) is 0 Å². The van der Waals surface area contributed by atoms with Crippen LogP contribution in [-0.4, -0.2) is 16.7 Å². The molecule has 0 aromatic heterocycles. The molecule has 0 atom stereocenters. The van der Waals surface area contributed by atoms with Crippen LogP contribution in [-0.2, 0) is 0 Å². The molecular weight excluding hydrogens is 132 g/mol. The van der Waals surface area contributed by atoms with Crippen molar-refractivity contribution in [2.24, 2.45) is 10.2 Å². The Morgan fingerprint density at radius 2 is 1.22 bits per heavy atom. The third-order valence-corrected chi connectivity index (χ3v) is 0.357. The Morgan fingerprint density at radius 3 is 1.44 bits per heavy atom. The first kappa shape index (κ1) is 7.40. The predicted molar refractivity (Wildman–Crippen MR) is 23.7 cm³/mol. The fourth-order valence-electron chi connectivity index (χ4n) is 0.132. The number of hydrogen-bond acceptors (Lipinski definition) is 6. The Hall–Kier alpha value is -1.60. The molecule has 0 saturated heterocycles. The normalized spacial score (nSPS) is 8.00. The minimum absolute atomic E-state index is 0.736. The van der Waals surface area contributed by atoms with E-state index in [2.05, 4.69) is 10.2 Å². The highest BCUT2D eigenvalue weighted by Gasteiger charge is 1.80. The summed E-state index contributed by atoms with van der Waals surface area (Å²) >= 11 is 0. The number of nitrogens with zero attached hydrogens (tertiary/aromatic N) is 4. The average Bonchev–Trinajstić information content (AvgIpc) is 1.63. The standard InChI is InChI=1S/CH2N4O4/c6-4(7)2-1-3-5(8)9/h1H2/q-2. The van der Waals surface area contributed by atoms with Crippen molar-refractivity contribution in [3.63, 3.8) is 0 Å². The van der Waals surface area contributed by atoms with Crippen molar-refractivity contribution >= 4 is 0 Å². The first-order chi connectivity index (χ1) is 4.13. The van der Waals surface area contributed by atoms with Crippen LogP contribution >= 0.6 is 0 Å². The predicted octanol–water partition coefficient (Wildman–Crippen LogP) is -0.136. The summed E-state index contributed by atoms with van der Waals surface area (Å²) in [4.78, 5) is 0. The minimum atomic E-state index is -1.03. The van der Waals surface area contributed by atoms with Crippen LogP contribution in [0.5, 0.6) is 0 Å². The molecule has 0 aliphatic heterocycles. The molecule has 0 heterocycles. The van der Waals surface area contributed by atoms with Gasteiger partial charge in [0.25, 0.3) is 6.67 Å². The molecule has 0 rings (SSSR count). The van der Waals surface area contributed by atoms with E-state index in [-0.39, 0.29) is 0 Å². The van der Waals surface area contributed by atoms with Gasteiger partial charge in [-0.25, -0.2) is 0 Å². The fraction of sp³-hybridized carbons (Fsp3) is 1.00. The maximum atomic E-state index is 9.34. The van der Waals surface area contributed by atoms with Crippen LogP contribution in [0.3, 0.4) is 0 Å². The van der Waals surface area contributed by atoms with Crippen molar-refractivity contribution in [3.8, 4) is 0 Å². The summed E-state index contributed by atoms with van der Waals surface area (Å²) in [6.45, 7) is -0.736. The Labute approximate surface area is 49.0 Å². The van der Waals surface area contributed by atoms with Gasteiger partial charge in [0, 0.05) is 10.2 Å². The van der Waals surface area contributed by atoms with Gasteiger partial charge in [0.15, 0.2) is 0 Å². The smallest absolute Gasteiger partial charge is 0.258 e. The summed E-state index contributed by atoms with van der Waals surface area (Å²) in [6.07, 6.45) is 0. The summed E-state index contributed by atoms with van der Waals surface area (Å²) in [5, 5.41) is 40.2.